The summed E-state index contributed by atoms with van der Waals surface area (Å²) in [4.78, 5) is 26.3. The summed E-state index contributed by atoms with van der Waals surface area (Å²) in [6.45, 7) is 13.2. The lowest BCUT2D eigenvalue weighted by Crippen LogP contribution is -2.72. The first kappa shape index (κ1) is 71.6. The third-order valence-corrected chi connectivity index (χ3v) is 19.9. The van der Waals surface area contributed by atoms with Crippen LogP contribution in [0.15, 0.2) is 0 Å². The topological polar surface area (TPSA) is 388 Å². The van der Waals surface area contributed by atoms with Gasteiger partial charge in [-0.15, -0.1) is 0 Å². The van der Waals surface area contributed by atoms with Crippen LogP contribution in [0.3, 0.4) is 0 Å². The number of fused-ring (bicyclic) bond motifs is 4. The average Bonchev–Trinajstić information content (AvgIpc) is 1.59. The summed E-state index contributed by atoms with van der Waals surface area (Å²) in [5.41, 5.74) is -3.13. The molecular formula is C59H86Cl2O32. The first-order valence-electron chi connectivity index (χ1n) is 30.9. The fraction of sp³-hybridized carbons (Fsp3) is 0.864. The Balaban J connectivity index is 0.715. The van der Waals surface area contributed by atoms with Crippen molar-refractivity contribution in [2.24, 2.45) is 0 Å². The number of hydrogen-bond donors (Lipinski definition) is 7. The van der Waals surface area contributed by atoms with E-state index in [1.165, 1.54) is 56.1 Å². The summed E-state index contributed by atoms with van der Waals surface area (Å²) in [5, 5.41) is 79.6. The van der Waals surface area contributed by atoms with Crippen LogP contribution in [0.5, 0.6) is 11.5 Å². The van der Waals surface area contributed by atoms with E-state index in [4.69, 9.17) is 132 Å². The van der Waals surface area contributed by atoms with Gasteiger partial charge in [0.1, 0.15) is 102 Å². The molecule has 10 heterocycles. The molecule has 0 bridgehead atoms. The van der Waals surface area contributed by atoms with Crippen molar-refractivity contribution < 1.29 is 154 Å². The molecule has 7 N–H and O–H groups in total. The zero-order chi connectivity index (χ0) is 67.3. The fourth-order valence-corrected chi connectivity index (χ4v) is 15.1. The van der Waals surface area contributed by atoms with Crippen molar-refractivity contribution in [2.45, 2.75) is 277 Å². The van der Waals surface area contributed by atoms with Crippen molar-refractivity contribution in [2.75, 3.05) is 48.4 Å². The van der Waals surface area contributed by atoms with E-state index >= 15 is 0 Å². The molecule has 528 valence electrons. The number of aliphatic hydroxyl groups is 6. The Morgan fingerprint density at radius 3 is 2.01 bits per heavy atom. The Labute approximate surface area is 545 Å². The fourth-order valence-electron chi connectivity index (χ4n) is 14.6. The van der Waals surface area contributed by atoms with Gasteiger partial charge in [0.2, 0.25) is 6.29 Å². The van der Waals surface area contributed by atoms with Crippen LogP contribution in [-0.2, 0) is 109 Å². The zero-order valence-electron chi connectivity index (χ0n) is 53.5. The molecule has 0 radical (unpaired) electrons. The molecule has 0 aromatic heterocycles. The molecule has 34 heteroatoms. The maximum Gasteiger partial charge on any atom is 0.342 e. The Bertz CT molecular complexity index is 2780. The van der Waals surface area contributed by atoms with E-state index in [1.807, 2.05) is 0 Å². The lowest BCUT2D eigenvalue weighted by molar-refractivity contribution is -0.439. The third kappa shape index (κ3) is 13.1. The number of aliphatic hydroxyl groups excluding tert-OH is 5. The van der Waals surface area contributed by atoms with Gasteiger partial charge in [-0.1, -0.05) is 23.2 Å². The van der Waals surface area contributed by atoms with Crippen LogP contribution in [-0.4, -0.2) is 291 Å². The van der Waals surface area contributed by atoms with Crippen molar-refractivity contribution in [1.29, 1.82) is 0 Å². The van der Waals surface area contributed by atoms with E-state index in [-0.39, 0.29) is 66.2 Å². The monoisotopic (exact) mass is 1380 g/mol. The second-order valence-electron chi connectivity index (χ2n) is 25.4. The van der Waals surface area contributed by atoms with E-state index in [1.54, 1.807) is 34.6 Å². The summed E-state index contributed by atoms with van der Waals surface area (Å²) in [5.74, 6) is -6.16. The van der Waals surface area contributed by atoms with Crippen molar-refractivity contribution in [3.05, 3.63) is 21.2 Å². The van der Waals surface area contributed by atoms with Crippen LogP contribution in [0.1, 0.15) is 90.6 Å². The van der Waals surface area contributed by atoms with Crippen molar-refractivity contribution in [1.82, 2.24) is 0 Å². The number of aromatic hydroxyl groups is 1. The maximum atomic E-state index is 13.5. The molecule has 0 amide bonds. The second kappa shape index (κ2) is 27.8. The van der Waals surface area contributed by atoms with Crippen LogP contribution in [0.4, 0.5) is 0 Å². The van der Waals surface area contributed by atoms with Gasteiger partial charge in [0.25, 0.3) is 5.97 Å². The maximum absolute atomic E-state index is 13.5. The summed E-state index contributed by atoms with van der Waals surface area (Å²) in [6, 6.07) is 0. The molecule has 93 heavy (non-hydrogen) atoms. The van der Waals surface area contributed by atoms with Gasteiger partial charge in [0, 0.05) is 41.1 Å². The number of carbonyl (C=O) groups is 2. The van der Waals surface area contributed by atoms with Crippen molar-refractivity contribution in [3.8, 4) is 11.5 Å². The van der Waals surface area contributed by atoms with Gasteiger partial charge in [0.05, 0.1) is 80.6 Å². The average molecular weight is 1380 g/mol. The first-order valence-corrected chi connectivity index (χ1v) is 31.7. The summed E-state index contributed by atoms with van der Waals surface area (Å²) in [7, 11) is 5.35. The van der Waals surface area contributed by atoms with E-state index in [0.29, 0.717) is 0 Å². The molecule has 10 aliphatic heterocycles. The van der Waals surface area contributed by atoms with E-state index in [2.05, 4.69) is 0 Å². The van der Waals surface area contributed by atoms with Gasteiger partial charge < -0.3 is 145 Å². The molecule has 0 aliphatic carbocycles. The van der Waals surface area contributed by atoms with Crippen LogP contribution >= 0.6 is 23.2 Å². The highest BCUT2D eigenvalue weighted by Crippen LogP contribution is 2.53. The highest BCUT2D eigenvalue weighted by atomic mass is 35.5. The number of esters is 2. The molecule has 10 fully saturated rings. The third-order valence-electron chi connectivity index (χ3n) is 19.1. The standard InChI is InChI=1S/C59H86Cl2O32/c1-20-34(45(73-12)36(61)37(66)35(20)60)52(69)85-40-21(2)78-32(14-28(40)64)83-41-23(4)88-57(15-29(41)65)92-49-24(5)79-33(16-56(49,9)93-57)84-46-39(68)53(80-22(3)42(46)72-11)86-43-30(17-71-10)82-55(47(74-13)38(43)67)87-54-48(81-27(8)63)44-31(18-75-54)90-59(91-44)51-50(76-19-77-51)58(70,25(6)62)26(7)89-59/h21-26,28-33,38-44,46-51,53-55,62,64-68,70H,14-19H2,1-13H3/t21-,22-,23-,24-,25?,26-,28-,29-,30-,31+,32+,33+,38+,39-,40-,41-,42+,43-,44-,46-,47+,48-,49-,50?,51-,53+,54+,55+,56-,57?,58+,59-/m1/s1. The number of hydrogen-bond acceptors (Lipinski definition) is 32. The predicted octanol–water partition coefficient (Wildman–Crippen LogP) is 0.208. The lowest BCUT2D eigenvalue weighted by Gasteiger charge is -2.51. The minimum atomic E-state index is -2.02. The van der Waals surface area contributed by atoms with Gasteiger partial charge in [-0.05, 0) is 61.0 Å². The molecule has 11 rings (SSSR count). The normalized spacial score (nSPS) is 48.4. The SMILES string of the molecule is COC[C@H]1O[C@@H](O[C@@H]2OC[C@@H]3O[C@]4(O[C@H]3[C@H]2OC(C)=O)O[C@H](C)[C@@](O)(C(C)O)C2OCO[C@H]24)[C@@H](OC)[C@@H](O)[C@@H]1O[C@@H]1O[C@H](C)[C@H](OC)[C@H](O[C@H]2C[C@@]3(C)OC4(C[C@@H](O)[C@H](O[C@H]5C[C@@H](O)[C@H](OC(=O)c6c(C)c(Cl)c(O)c(Cl)c6OC)[C@@H](C)O5)[C@@H](C)O4)O[C@@H]3[C@@H](C)O2)[C@H]1O. The first-order chi connectivity index (χ1) is 44.0. The molecule has 3 unspecified atom stereocenters. The molecule has 32 atom stereocenters. The number of halogens is 2. The second-order valence-corrected chi connectivity index (χ2v) is 26.2. The van der Waals surface area contributed by atoms with E-state index in [0.717, 1.165) is 0 Å². The minimum absolute atomic E-state index is 0.00659. The van der Waals surface area contributed by atoms with Crippen LogP contribution in [0, 0.1) is 6.92 Å². The summed E-state index contributed by atoms with van der Waals surface area (Å²) in [6.07, 6.45) is -33.6. The molecule has 1 aromatic rings. The quantitative estimate of drug-likeness (QED) is 0.103. The summed E-state index contributed by atoms with van der Waals surface area (Å²) >= 11 is 12.5. The molecule has 0 saturated carbocycles. The zero-order valence-corrected chi connectivity index (χ0v) is 55.0. The number of phenolic OH excluding ortho intramolecular Hbond substituents is 1. The Kier molecular flexibility index (Phi) is 21.4. The molecule has 10 saturated heterocycles. The molecule has 2 spiro atoms. The Hall–Kier alpha value is -2.70. The molecule has 10 aliphatic rings. The summed E-state index contributed by atoms with van der Waals surface area (Å²) < 4.78 is 141. The minimum Gasteiger partial charge on any atom is -0.505 e. The largest absolute Gasteiger partial charge is 0.505 e. The van der Waals surface area contributed by atoms with Crippen LogP contribution in [0.2, 0.25) is 10.0 Å². The number of methoxy groups -OCH3 is 4. The molecule has 1 aromatic carbocycles. The Morgan fingerprint density at radius 1 is 0.667 bits per heavy atom. The number of ether oxygens (including phenoxy) is 23. The van der Waals surface area contributed by atoms with Gasteiger partial charge in [-0.2, -0.15) is 0 Å². The molecule has 32 nitrogen and oxygen atoms in total. The predicted molar refractivity (Wildman–Crippen MR) is 305 cm³/mol. The van der Waals surface area contributed by atoms with Crippen molar-refractivity contribution >= 4 is 35.1 Å². The molecular weight excluding hydrogens is 1290 g/mol. The number of rotatable bonds is 17. The van der Waals surface area contributed by atoms with Crippen LogP contribution in [0.25, 0.3) is 0 Å². The van der Waals surface area contributed by atoms with E-state index in [9.17, 15) is 45.3 Å². The number of benzene rings is 1. The van der Waals surface area contributed by atoms with Crippen LogP contribution < -0.4 is 4.74 Å². The number of carbonyl (C=O) groups excluding carboxylic acids is 2. The van der Waals surface area contributed by atoms with Gasteiger partial charge in [-0.25, -0.2) is 4.79 Å². The highest BCUT2D eigenvalue weighted by Gasteiger charge is 2.73. The smallest absolute Gasteiger partial charge is 0.342 e. The van der Waals surface area contributed by atoms with Crippen molar-refractivity contribution in [3.63, 3.8) is 0 Å². The van der Waals surface area contributed by atoms with Gasteiger partial charge in [-0.3, -0.25) is 4.79 Å². The Morgan fingerprint density at radius 2 is 1.35 bits per heavy atom. The lowest BCUT2D eigenvalue weighted by atomic mass is 9.80. The van der Waals surface area contributed by atoms with Gasteiger partial charge >= 0.3 is 17.9 Å². The van der Waals surface area contributed by atoms with E-state index < -0.39 is 213 Å². The van der Waals surface area contributed by atoms with Gasteiger partial charge in [0.15, 0.2) is 55.0 Å². The number of phenols is 1. The highest BCUT2D eigenvalue weighted by molar-refractivity contribution is 6.39.